The minimum atomic E-state index is -1.03. The Hall–Kier alpha value is -0.890. The molecule has 0 aromatic heterocycles. The molecule has 1 atom stereocenters. The van der Waals surface area contributed by atoms with Crippen molar-refractivity contribution in [1.29, 1.82) is 0 Å². The topological polar surface area (TPSA) is 9.23 Å². The first kappa shape index (κ1) is 11.2. The van der Waals surface area contributed by atoms with Gasteiger partial charge in [-0.2, -0.15) is 0 Å². The molecule has 0 saturated carbocycles. The molecule has 0 aliphatic carbocycles. The Kier molecular flexibility index (Phi) is 3.64. The van der Waals surface area contributed by atoms with E-state index in [1.54, 1.807) is 12.1 Å². The van der Waals surface area contributed by atoms with Gasteiger partial charge in [0.15, 0.2) is 0 Å². The SMILES string of the molecule is CC(C)(C)OCC(F)c1ccccc1. The van der Waals surface area contributed by atoms with Crippen molar-refractivity contribution in [2.75, 3.05) is 6.61 Å². The van der Waals surface area contributed by atoms with E-state index in [9.17, 15) is 4.39 Å². The molecule has 14 heavy (non-hydrogen) atoms. The third-order valence-corrected chi connectivity index (χ3v) is 1.82. The van der Waals surface area contributed by atoms with Crippen LogP contribution in [0.3, 0.4) is 0 Å². The third-order valence-electron chi connectivity index (χ3n) is 1.82. The molecule has 1 nitrogen and oxygen atoms in total. The Balaban J connectivity index is 2.48. The first-order chi connectivity index (χ1) is 6.49. The van der Waals surface area contributed by atoms with E-state index in [0.29, 0.717) is 5.56 Å². The summed E-state index contributed by atoms with van der Waals surface area (Å²) >= 11 is 0. The van der Waals surface area contributed by atoms with Gasteiger partial charge in [0.05, 0.1) is 12.2 Å². The van der Waals surface area contributed by atoms with Gasteiger partial charge in [0.25, 0.3) is 0 Å². The Bertz CT molecular complexity index is 263. The van der Waals surface area contributed by atoms with Gasteiger partial charge in [-0.15, -0.1) is 0 Å². The molecule has 0 radical (unpaired) electrons. The molecule has 1 aromatic rings. The van der Waals surface area contributed by atoms with Crippen molar-refractivity contribution in [3.63, 3.8) is 0 Å². The normalized spacial score (nSPS) is 14.0. The summed E-state index contributed by atoms with van der Waals surface area (Å²) in [6.45, 7) is 5.88. The zero-order valence-corrected chi connectivity index (χ0v) is 8.96. The maximum Gasteiger partial charge on any atom is 0.148 e. The van der Waals surface area contributed by atoms with Gasteiger partial charge in [0, 0.05) is 0 Å². The molecule has 0 amide bonds. The highest BCUT2D eigenvalue weighted by molar-refractivity contribution is 5.17. The van der Waals surface area contributed by atoms with E-state index < -0.39 is 6.17 Å². The minimum Gasteiger partial charge on any atom is -0.372 e. The van der Waals surface area contributed by atoms with Crippen LogP contribution in [0.15, 0.2) is 30.3 Å². The lowest BCUT2D eigenvalue weighted by Gasteiger charge is -2.21. The quantitative estimate of drug-likeness (QED) is 0.718. The molecule has 0 fully saturated rings. The Labute approximate surface area is 84.9 Å². The van der Waals surface area contributed by atoms with Crippen molar-refractivity contribution in [3.05, 3.63) is 35.9 Å². The van der Waals surface area contributed by atoms with Gasteiger partial charge >= 0.3 is 0 Å². The fraction of sp³-hybridized carbons (Fsp3) is 0.500. The van der Waals surface area contributed by atoms with Gasteiger partial charge in [-0.1, -0.05) is 30.3 Å². The third kappa shape index (κ3) is 3.88. The lowest BCUT2D eigenvalue weighted by Crippen LogP contribution is -2.21. The molecule has 0 saturated heterocycles. The number of halogens is 1. The molecular formula is C12H17FO. The molecular weight excluding hydrogens is 179 g/mol. The van der Waals surface area contributed by atoms with Crippen molar-refractivity contribution in [2.45, 2.75) is 32.5 Å². The van der Waals surface area contributed by atoms with Crippen molar-refractivity contribution < 1.29 is 9.13 Å². The molecule has 1 rings (SSSR count). The van der Waals surface area contributed by atoms with Crippen LogP contribution in [0.4, 0.5) is 4.39 Å². The van der Waals surface area contributed by atoms with E-state index in [2.05, 4.69) is 0 Å². The predicted molar refractivity (Wildman–Crippen MR) is 56.0 cm³/mol. The van der Waals surface area contributed by atoms with Gasteiger partial charge in [-0.05, 0) is 26.3 Å². The summed E-state index contributed by atoms with van der Waals surface area (Å²) in [4.78, 5) is 0. The first-order valence-electron chi connectivity index (χ1n) is 4.82. The van der Waals surface area contributed by atoms with Crippen LogP contribution < -0.4 is 0 Å². The molecule has 0 aliphatic heterocycles. The summed E-state index contributed by atoms with van der Waals surface area (Å²) in [6.07, 6.45) is -1.03. The number of benzene rings is 1. The van der Waals surface area contributed by atoms with Crippen LogP contribution in [-0.2, 0) is 4.74 Å². The van der Waals surface area contributed by atoms with Crippen LogP contribution in [0.25, 0.3) is 0 Å². The summed E-state index contributed by atoms with van der Waals surface area (Å²) in [7, 11) is 0. The van der Waals surface area contributed by atoms with Crippen LogP contribution in [0.1, 0.15) is 32.5 Å². The molecule has 0 bridgehead atoms. The van der Waals surface area contributed by atoms with Crippen molar-refractivity contribution >= 4 is 0 Å². The number of ether oxygens (including phenoxy) is 1. The van der Waals surface area contributed by atoms with Crippen molar-refractivity contribution in [2.24, 2.45) is 0 Å². The standard InChI is InChI=1S/C12H17FO/c1-12(2,3)14-9-11(13)10-7-5-4-6-8-10/h4-8,11H,9H2,1-3H3. The lowest BCUT2D eigenvalue weighted by atomic mass is 10.1. The first-order valence-corrected chi connectivity index (χ1v) is 4.82. The highest BCUT2D eigenvalue weighted by Gasteiger charge is 2.15. The second kappa shape index (κ2) is 4.56. The van der Waals surface area contributed by atoms with Crippen LogP contribution in [0.5, 0.6) is 0 Å². The van der Waals surface area contributed by atoms with Gasteiger partial charge in [0.2, 0.25) is 0 Å². The Morgan fingerprint density at radius 3 is 2.29 bits per heavy atom. The van der Waals surface area contributed by atoms with E-state index in [4.69, 9.17) is 4.74 Å². The second-order valence-corrected chi connectivity index (χ2v) is 4.30. The molecule has 1 aromatic carbocycles. The van der Waals surface area contributed by atoms with Crippen molar-refractivity contribution in [3.8, 4) is 0 Å². The highest BCUT2D eigenvalue weighted by Crippen LogP contribution is 2.19. The van der Waals surface area contributed by atoms with Crippen LogP contribution in [0.2, 0.25) is 0 Å². The van der Waals surface area contributed by atoms with Crippen LogP contribution in [-0.4, -0.2) is 12.2 Å². The largest absolute Gasteiger partial charge is 0.372 e. The number of rotatable bonds is 3. The fourth-order valence-electron chi connectivity index (χ4n) is 1.08. The number of hydrogen-bond donors (Lipinski definition) is 0. The highest BCUT2D eigenvalue weighted by atomic mass is 19.1. The molecule has 0 N–H and O–H groups in total. The molecule has 1 unspecified atom stereocenters. The predicted octanol–water partition coefficient (Wildman–Crippen LogP) is 3.51. The zero-order chi connectivity index (χ0) is 10.6. The monoisotopic (exact) mass is 196 g/mol. The second-order valence-electron chi connectivity index (χ2n) is 4.30. The van der Waals surface area contributed by atoms with Crippen molar-refractivity contribution in [1.82, 2.24) is 0 Å². The molecule has 2 heteroatoms. The van der Waals surface area contributed by atoms with E-state index >= 15 is 0 Å². The van der Waals surface area contributed by atoms with E-state index in [1.165, 1.54) is 0 Å². The van der Waals surface area contributed by atoms with Crippen LogP contribution in [0, 0.1) is 0 Å². The Morgan fingerprint density at radius 1 is 1.21 bits per heavy atom. The van der Waals surface area contributed by atoms with Crippen LogP contribution >= 0.6 is 0 Å². The van der Waals surface area contributed by atoms with Gasteiger partial charge in [-0.3, -0.25) is 0 Å². The summed E-state index contributed by atoms with van der Waals surface area (Å²) in [6, 6.07) is 9.09. The van der Waals surface area contributed by atoms with Gasteiger partial charge in [-0.25, -0.2) is 4.39 Å². The average Bonchev–Trinajstić information content (AvgIpc) is 2.14. The summed E-state index contributed by atoms with van der Waals surface area (Å²) in [5.41, 5.74) is 0.399. The van der Waals surface area contributed by atoms with E-state index in [-0.39, 0.29) is 12.2 Å². The lowest BCUT2D eigenvalue weighted by molar-refractivity contribution is -0.0295. The summed E-state index contributed by atoms with van der Waals surface area (Å²) in [5.74, 6) is 0. The number of alkyl halides is 1. The maximum atomic E-state index is 13.5. The summed E-state index contributed by atoms with van der Waals surface area (Å²) < 4.78 is 18.9. The van der Waals surface area contributed by atoms with Gasteiger partial charge < -0.3 is 4.74 Å². The van der Waals surface area contributed by atoms with Gasteiger partial charge in [0.1, 0.15) is 6.17 Å². The number of hydrogen-bond acceptors (Lipinski definition) is 1. The van der Waals surface area contributed by atoms with E-state index in [1.807, 2.05) is 39.0 Å². The van der Waals surface area contributed by atoms with E-state index in [0.717, 1.165) is 0 Å². The minimum absolute atomic E-state index is 0.119. The maximum absolute atomic E-state index is 13.5. The molecule has 0 spiro atoms. The molecule has 0 heterocycles. The smallest absolute Gasteiger partial charge is 0.148 e. The zero-order valence-electron chi connectivity index (χ0n) is 8.96. The molecule has 78 valence electrons. The summed E-state index contributed by atoms with van der Waals surface area (Å²) in [5, 5.41) is 0. The molecule has 0 aliphatic rings. The average molecular weight is 196 g/mol. The Morgan fingerprint density at radius 2 is 1.79 bits per heavy atom. The fourth-order valence-corrected chi connectivity index (χ4v) is 1.08.